The fourth-order valence-electron chi connectivity index (χ4n) is 2.67. The number of sulfone groups is 1. The summed E-state index contributed by atoms with van der Waals surface area (Å²) in [4.78, 5) is 4.17. The Balaban J connectivity index is 0.00000288. The maximum absolute atomic E-state index is 12.1. The zero-order valence-corrected chi connectivity index (χ0v) is 17.8. The van der Waals surface area contributed by atoms with E-state index in [1.165, 1.54) is 24.0 Å². The molecule has 3 N–H and O–H groups in total. The number of nitrogens with zero attached hydrogens (tertiary/aromatic N) is 1. The van der Waals surface area contributed by atoms with Crippen LogP contribution in [-0.2, 0) is 22.7 Å². The molecule has 0 amide bonds. The maximum atomic E-state index is 12.1. The molecule has 1 aromatic rings. The number of anilines is 1. The Morgan fingerprint density at radius 1 is 1.25 bits per heavy atom. The van der Waals surface area contributed by atoms with Crippen LogP contribution in [0.2, 0.25) is 0 Å². The molecule has 0 aliphatic heterocycles. The molecular formula is C17H28IN3O2S. The lowest BCUT2D eigenvalue weighted by Crippen LogP contribution is -2.32. The van der Waals surface area contributed by atoms with Crippen LogP contribution >= 0.6 is 24.0 Å². The quantitative estimate of drug-likeness (QED) is 0.407. The molecule has 0 heterocycles. The Morgan fingerprint density at radius 2 is 1.92 bits per heavy atom. The minimum absolute atomic E-state index is 0. The molecular weight excluding hydrogens is 437 g/mol. The molecule has 0 saturated heterocycles. The Kier molecular flexibility index (Phi) is 7.52. The van der Waals surface area contributed by atoms with Gasteiger partial charge in [0, 0.05) is 5.69 Å². The van der Waals surface area contributed by atoms with E-state index in [0.717, 1.165) is 18.5 Å². The van der Waals surface area contributed by atoms with Gasteiger partial charge in [-0.1, -0.05) is 12.1 Å². The Labute approximate surface area is 162 Å². The number of aliphatic imine (C=N–C) groups is 1. The van der Waals surface area contributed by atoms with Crippen molar-refractivity contribution in [2.45, 2.75) is 51.2 Å². The predicted octanol–water partition coefficient (Wildman–Crippen LogP) is 3.12. The van der Waals surface area contributed by atoms with Gasteiger partial charge < -0.3 is 11.1 Å². The first kappa shape index (κ1) is 21.2. The van der Waals surface area contributed by atoms with Crippen molar-refractivity contribution in [3.05, 3.63) is 29.3 Å². The molecule has 136 valence electrons. The maximum Gasteiger partial charge on any atom is 0.193 e. The normalized spacial score (nSPS) is 15.4. The minimum atomic E-state index is -3.17. The Morgan fingerprint density at radius 3 is 2.58 bits per heavy atom. The van der Waals surface area contributed by atoms with Crippen molar-refractivity contribution < 1.29 is 8.42 Å². The fourth-order valence-corrected chi connectivity index (χ4v) is 3.61. The number of halogens is 1. The molecule has 5 nitrogen and oxygen atoms in total. The third-order valence-corrected chi connectivity index (χ3v) is 6.82. The molecule has 0 unspecified atom stereocenters. The molecule has 0 atom stereocenters. The zero-order valence-electron chi connectivity index (χ0n) is 14.6. The highest BCUT2D eigenvalue weighted by Crippen LogP contribution is 2.27. The number of nitrogens with two attached hydrogens (primary N) is 1. The third-order valence-electron chi connectivity index (χ3n) is 4.23. The van der Waals surface area contributed by atoms with Crippen LogP contribution < -0.4 is 11.1 Å². The molecule has 0 bridgehead atoms. The SMILES string of the molecule is CC(C)(C)S(=O)(=O)CCN=C(N)Nc1cccc2c1CCCC2.I. The first-order valence-corrected chi connectivity index (χ1v) is 9.76. The second kappa shape index (κ2) is 8.51. The molecule has 1 aliphatic carbocycles. The van der Waals surface area contributed by atoms with Crippen LogP contribution in [0, 0.1) is 0 Å². The number of benzene rings is 1. The third kappa shape index (κ3) is 5.34. The van der Waals surface area contributed by atoms with Crippen LogP contribution in [0.3, 0.4) is 0 Å². The first-order valence-electron chi connectivity index (χ1n) is 8.11. The topological polar surface area (TPSA) is 84.5 Å². The van der Waals surface area contributed by atoms with Gasteiger partial charge in [-0.3, -0.25) is 4.99 Å². The molecule has 0 fully saturated rings. The van der Waals surface area contributed by atoms with Crippen molar-refractivity contribution in [1.29, 1.82) is 0 Å². The summed E-state index contributed by atoms with van der Waals surface area (Å²) in [5, 5.41) is 3.13. The van der Waals surface area contributed by atoms with Crippen LogP contribution in [-0.4, -0.2) is 31.4 Å². The number of fused-ring (bicyclic) bond motifs is 1. The molecule has 0 aromatic heterocycles. The number of nitrogens with one attached hydrogen (secondary N) is 1. The average Bonchev–Trinajstić information content (AvgIpc) is 2.46. The zero-order chi connectivity index (χ0) is 17.1. The van der Waals surface area contributed by atoms with E-state index in [-0.39, 0.29) is 42.2 Å². The van der Waals surface area contributed by atoms with Gasteiger partial charge in [-0.2, -0.15) is 0 Å². The van der Waals surface area contributed by atoms with Gasteiger partial charge in [-0.15, -0.1) is 24.0 Å². The summed E-state index contributed by atoms with van der Waals surface area (Å²) in [5.41, 5.74) is 9.58. The lowest BCUT2D eigenvalue weighted by molar-refractivity contribution is 0.560. The predicted molar refractivity (Wildman–Crippen MR) is 112 cm³/mol. The van der Waals surface area contributed by atoms with Crippen molar-refractivity contribution in [1.82, 2.24) is 0 Å². The number of aryl methyl sites for hydroxylation is 1. The van der Waals surface area contributed by atoms with E-state index in [2.05, 4.69) is 16.4 Å². The molecule has 7 heteroatoms. The van der Waals surface area contributed by atoms with E-state index in [1.54, 1.807) is 20.8 Å². The van der Waals surface area contributed by atoms with Crippen molar-refractivity contribution in [3.8, 4) is 0 Å². The summed E-state index contributed by atoms with van der Waals surface area (Å²) >= 11 is 0. The summed E-state index contributed by atoms with van der Waals surface area (Å²) in [6.45, 7) is 5.27. The number of guanidine groups is 1. The van der Waals surface area contributed by atoms with E-state index in [0.29, 0.717) is 0 Å². The monoisotopic (exact) mass is 465 g/mol. The van der Waals surface area contributed by atoms with Gasteiger partial charge in [0.25, 0.3) is 0 Å². The number of rotatable bonds is 4. The first-order chi connectivity index (χ1) is 10.7. The Hall–Kier alpha value is -0.830. The van der Waals surface area contributed by atoms with Gasteiger partial charge in [0.1, 0.15) is 0 Å². The summed E-state index contributed by atoms with van der Waals surface area (Å²) in [6, 6.07) is 6.17. The van der Waals surface area contributed by atoms with E-state index < -0.39 is 14.6 Å². The van der Waals surface area contributed by atoms with E-state index in [1.807, 2.05) is 12.1 Å². The summed E-state index contributed by atoms with van der Waals surface area (Å²) in [6.07, 6.45) is 4.56. The fraction of sp³-hybridized carbons (Fsp3) is 0.588. The highest BCUT2D eigenvalue weighted by Gasteiger charge is 2.28. The largest absolute Gasteiger partial charge is 0.370 e. The summed E-state index contributed by atoms with van der Waals surface area (Å²) in [5.74, 6) is 0.277. The van der Waals surface area contributed by atoms with Gasteiger partial charge in [0.15, 0.2) is 15.8 Å². The van der Waals surface area contributed by atoms with Gasteiger partial charge >= 0.3 is 0 Å². The number of hydrogen-bond acceptors (Lipinski definition) is 3. The molecule has 2 rings (SSSR count). The van der Waals surface area contributed by atoms with Crippen LogP contribution in [0.15, 0.2) is 23.2 Å². The lowest BCUT2D eigenvalue weighted by Gasteiger charge is -2.20. The van der Waals surface area contributed by atoms with Crippen molar-refractivity contribution in [3.63, 3.8) is 0 Å². The molecule has 0 radical (unpaired) electrons. The molecule has 0 spiro atoms. The Bertz CT molecular complexity index is 694. The lowest BCUT2D eigenvalue weighted by atomic mass is 9.90. The van der Waals surface area contributed by atoms with E-state index >= 15 is 0 Å². The summed E-state index contributed by atoms with van der Waals surface area (Å²) < 4.78 is 23.3. The highest BCUT2D eigenvalue weighted by molar-refractivity contribution is 14.0. The van der Waals surface area contributed by atoms with Gasteiger partial charge in [0.05, 0.1) is 17.0 Å². The van der Waals surface area contributed by atoms with E-state index in [4.69, 9.17) is 5.73 Å². The average molecular weight is 465 g/mol. The van der Waals surface area contributed by atoms with Crippen molar-refractivity contribution in [2.75, 3.05) is 17.6 Å². The van der Waals surface area contributed by atoms with Crippen LogP contribution in [0.1, 0.15) is 44.7 Å². The van der Waals surface area contributed by atoms with Gasteiger partial charge in [-0.25, -0.2) is 8.42 Å². The number of hydrogen-bond donors (Lipinski definition) is 2. The smallest absolute Gasteiger partial charge is 0.193 e. The summed E-state index contributed by atoms with van der Waals surface area (Å²) in [7, 11) is -3.17. The van der Waals surface area contributed by atoms with Crippen molar-refractivity contribution >= 4 is 45.5 Å². The molecule has 1 aromatic carbocycles. The van der Waals surface area contributed by atoms with Gasteiger partial charge in [-0.05, 0) is 63.6 Å². The second-order valence-corrected chi connectivity index (χ2v) is 9.84. The standard InChI is InChI=1S/C17H27N3O2S.HI/c1-17(2,3)23(21,22)12-11-19-16(18)20-15-10-6-8-13-7-4-5-9-14(13)15;/h6,8,10H,4-5,7,9,11-12H2,1-3H3,(H3,18,19,20);1H. The highest BCUT2D eigenvalue weighted by atomic mass is 127. The van der Waals surface area contributed by atoms with Crippen LogP contribution in [0.25, 0.3) is 0 Å². The van der Waals surface area contributed by atoms with Crippen LogP contribution in [0.5, 0.6) is 0 Å². The van der Waals surface area contributed by atoms with Crippen LogP contribution in [0.4, 0.5) is 5.69 Å². The molecule has 24 heavy (non-hydrogen) atoms. The molecule has 0 saturated carbocycles. The minimum Gasteiger partial charge on any atom is -0.370 e. The van der Waals surface area contributed by atoms with Crippen molar-refractivity contribution in [2.24, 2.45) is 10.7 Å². The van der Waals surface area contributed by atoms with Gasteiger partial charge in [0.2, 0.25) is 0 Å². The van der Waals surface area contributed by atoms with E-state index in [9.17, 15) is 8.42 Å². The molecule has 1 aliphatic rings. The second-order valence-electron chi connectivity index (χ2n) is 6.97.